The summed E-state index contributed by atoms with van der Waals surface area (Å²) in [5.41, 5.74) is 10.3. The van der Waals surface area contributed by atoms with Gasteiger partial charge in [0.05, 0.1) is 0 Å². The first-order chi connectivity index (χ1) is 67.7. The first kappa shape index (κ1) is 98.6. The zero-order chi connectivity index (χ0) is 93.1. The van der Waals surface area contributed by atoms with Crippen molar-refractivity contribution in [3.05, 3.63) is 573 Å². The van der Waals surface area contributed by atoms with Crippen molar-refractivity contribution in [2.75, 3.05) is 0 Å². The molecule has 678 valence electrons. The number of H-pyrrole nitrogens is 2. The van der Waals surface area contributed by atoms with E-state index in [1.54, 1.807) is 6.07 Å². The standard InChI is InChI=1S/C32H21N.4C18H15P.C12H7Br2N.C10H9BO2.CH4.Pd/c1-3-11-25-21(7-1)9-5-13-27(25)23-15-17-31-29(19-23)30-20-24(16-18-32(30)33-31)28-14-6-10-22-8-2-4-12-26(22)28;4*1-4-10-16(11-5-1)19(17-12-6-2-7-13-17)18-14-8-3-9-15-18;13-7-1-3-11-9(5-7)10-6-8(14)2-4-12(10)15-11;12-11(13)10-7-3-5-8-4-1-2-6-9(8)10;;/h1-20,33H;4*1-15H;1-6,15H;1-7,12-13H;1H4;. The van der Waals surface area contributed by atoms with Crippen molar-refractivity contribution in [2.45, 2.75) is 7.43 Å². The summed E-state index contributed by atoms with van der Waals surface area (Å²) in [5, 5.41) is 47.0. The van der Waals surface area contributed by atoms with Gasteiger partial charge >= 0.3 is 7.12 Å². The van der Waals surface area contributed by atoms with Crippen molar-refractivity contribution in [3.63, 3.8) is 0 Å². The summed E-state index contributed by atoms with van der Waals surface area (Å²) in [4.78, 5) is 7.00. The maximum absolute atomic E-state index is 9.08. The smallest absolute Gasteiger partial charge is 0.423 e. The molecular formula is C127H101BBr2N2O2P4Pd. The summed E-state index contributed by atoms with van der Waals surface area (Å²) in [6, 6.07) is 199. The average Bonchev–Trinajstić information content (AvgIpc) is 1.63. The molecule has 0 saturated carbocycles. The summed E-state index contributed by atoms with van der Waals surface area (Å²) in [5.74, 6) is 0. The van der Waals surface area contributed by atoms with Gasteiger partial charge in [-0.2, -0.15) is 0 Å². The summed E-state index contributed by atoms with van der Waals surface area (Å²) in [6.45, 7) is 0. The van der Waals surface area contributed by atoms with Gasteiger partial charge in [0, 0.05) is 73.0 Å². The van der Waals surface area contributed by atoms with Crippen molar-refractivity contribution in [3.8, 4) is 22.3 Å². The molecule has 0 aliphatic rings. The van der Waals surface area contributed by atoms with Gasteiger partial charge in [0.25, 0.3) is 0 Å². The number of halogens is 2. The Morgan fingerprint density at radius 2 is 0.367 bits per heavy atom. The van der Waals surface area contributed by atoms with E-state index in [4.69, 9.17) is 10.0 Å². The van der Waals surface area contributed by atoms with Crippen LogP contribution in [0.1, 0.15) is 7.43 Å². The minimum atomic E-state index is -1.40. The predicted octanol–water partition coefficient (Wildman–Crippen LogP) is 28.7. The minimum absolute atomic E-state index is 0. The summed E-state index contributed by atoms with van der Waals surface area (Å²) in [6.07, 6.45) is 0. The number of hydrogen-bond donors (Lipinski definition) is 4. The Morgan fingerprint density at radius 1 is 0.180 bits per heavy atom. The molecule has 4 N–H and O–H groups in total. The van der Waals surface area contributed by atoms with Crippen LogP contribution in [0.5, 0.6) is 0 Å². The van der Waals surface area contributed by atoms with E-state index in [0.29, 0.717) is 5.46 Å². The second kappa shape index (κ2) is 49.7. The molecule has 0 unspecified atom stereocenters. The Balaban J connectivity index is 0.000000119. The number of aromatic nitrogens is 2. The topological polar surface area (TPSA) is 72.0 Å². The molecule has 24 aromatic rings. The van der Waals surface area contributed by atoms with E-state index in [2.05, 4.69) is 551 Å². The van der Waals surface area contributed by atoms with Crippen molar-refractivity contribution in [1.82, 2.24) is 9.97 Å². The van der Waals surface area contributed by atoms with E-state index < -0.39 is 38.8 Å². The Labute approximate surface area is 851 Å². The Kier molecular flexibility index (Phi) is 35.3. The fourth-order valence-corrected chi connectivity index (χ4v) is 27.2. The molecule has 0 radical (unpaired) electrons. The average molecular weight is 2090 g/mol. The quantitative estimate of drug-likeness (QED) is 0.0610. The Morgan fingerprint density at radius 3 is 0.604 bits per heavy atom. The third-order valence-electron chi connectivity index (χ3n) is 23.6. The molecule has 4 nitrogen and oxygen atoms in total. The molecule has 12 heteroatoms. The SMILES string of the molecule is Brc1ccc2[nH]c3ccc(Br)cc3c2c1.C.OB(O)c1cccc2ccccc12.[Pd].c1ccc(P(c2ccccc2)c2ccccc2)cc1.c1ccc(P(c2ccccc2)c2ccccc2)cc1.c1ccc(P(c2ccccc2)c2ccccc2)cc1.c1ccc(P(c2ccccc2)c2ccccc2)cc1.c1ccc2c(-c3ccc4[nH]c5ccc(-c6cccc7ccccc67)cc5c4c3)cccc2c1. The van der Waals surface area contributed by atoms with Gasteiger partial charge in [0.15, 0.2) is 0 Å². The van der Waals surface area contributed by atoms with Gasteiger partial charge < -0.3 is 20.0 Å². The largest absolute Gasteiger partial charge is 0.489 e. The summed E-state index contributed by atoms with van der Waals surface area (Å²) >= 11 is 6.99. The van der Waals surface area contributed by atoms with Gasteiger partial charge in [0.1, 0.15) is 0 Å². The molecule has 139 heavy (non-hydrogen) atoms. The predicted molar refractivity (Wildman–Crippen MR) is 614 cm³/mol. The zero-order valence-electron chi connectivity index (χ0n) is 75.5. The number of nitrogens with one attached hydrogen (secondary N) is 2. The molecule has 0 aliphatic heterocycles. The van der Waals surface area contributed by atoms with Crippen LogP contribution in [-0.4, -0.2) is 27.1 Å². The molecule has 0 fully saturated rings. The van der Waals surface area contributed by atoms with E-state index >= 15 is 0 Å². The van der Waals surface area contributed by atoms with Crippen LogP contribution < -0.4 is 69.1 Å². The van der Waals surface area contributed by atoms with Gasteiger partial charge in [-0.25, -0.2) is 0 Å². The van der Waals surface area contributed by atoms with Crippen LogP contribution in [0.3, 0.4) is 0 Å². The second-order valence-corrected chi connectivity index (χ2v) is 43.2. The number of fused-ring (bicyclic) bond motifs is 9. The third kappa shape index (κ3) is 25.0. The minimum Gasteiger partial charge on any atom is -0.423 e. The number of aromatic amines is 2. The van der Waals surface area contributed by atoms with Crippen LogP contribution in [0.15, 0.2) is 573 Å². The van der Waals surface area contributed by atoms with Gasteiger partial charge in [0.2, 0.25) is 0 Å². The third-order valence-corrected chi connectivity index (χ3v) is 34.4. The summed E-state index contributed by atoms with van der Waals surface area (Å²) in [7, 11) is -3.18. The number of benzene rings is 22. The van der Waals surface area contributed by atoms with Crippen molar-refractivity contribution in [2.24, 2.45) is 0 Å². The van der Waals surface area contributed by atoms with Gasteiger partial charge in [-0.3, -0.25) is 0 Å². The van der Waals surface area contributed by atoms with Gasteiger partial charge in [-0.1, -0.05) is 543 Å². The van der Waals surface area contributed by atoms with Crippen LogP contribution in [0, 0.1) is 0 Å². The van der Waals surface area contributed by atoms with Crippen LogP contribution in [0.4, 0.5) is 0 Å². The van der Waals surface area contributed by atoms with Crippen LogP contribution in [-0.2, 0) is 20.4 Å². The maximum Gasteiger partial charge on any atom is 0.489 e. The molecule has 0 atom stereocenters. The molecule has 0 bridgehead atoms. The monoisotopic (exact) mass is 2080 g/mol. The van der Waals surface area contributed by atoms with Gasteiger partial charge in [-0.05, 0) is 216 Å². The van der Waals surface area contributed by atoms with Crippen molar-refractivity contribution in [1.29, 1.82) is 0 Å². The van der Waals surface area contributed by atoms with E-state index in [1.807, 2.05) is 48.5 Å². The normalized spacial score (nSPS) is 10.7. The van der Waals surface area contributed by atoms with E-state index in [1.165, 1.54) is 151 Å². The molecule has 0 amide bonds. The zero-order valence-corrected chi connectivity index (χ0v) is 83.8. The second-order valence-electron chi connectivity index (χ2n) is 32.5. The molecule has 2 heterocycles. The molecule has 0 spiro atoms. The van der Waals surface area contributed by atoms with Crippen LogP contribution in [0.25, 0.3) is 98.2 Å². The number of rotatable bonds is 15. The molecule has 0 saturated heterocycles. The fraction of sp³-hybridized carbons (Fsp3) is 0.00787. The number of hydrogen-bond acceptors (Lipinski definition) is 2. The van der Waals surface area contributed by atoms with Crippen LogP contribution >= 0.6 is 63.5 Å². The Hall–Kier alpha value is -13.5. The molecule has 22 aromatic carbocycles. The van der Waals surface area contributed by atoms with E-state index in [9.17, 15) is 0 Å². The molecule has 2 aromatic heterocycles. The van der Waals surface area contributed by atoms with Crippen molar-refractivity contribution >= 4 is 216 Å². The first-order valence-electron chi connectivity index (χ1n) is 45.7. The molecular weight excluding hydrogens is 1990 g/mol. The Bertz CT molecular complexity index is 6910. The van der Waals surface area contributed by atoms with Crippen LogP contribution in [0.2, 0.25) is 0 Å². The molecule has 0 aliphatic carbocycles. The maximum atomic E-state index is 9.08. The fourth-order valence-electron chi connectivity index (χ4n) is 17.2. The van der Waals surface area contributed by atoms with Crippen molar-refractivity contribution < 1.29 is 30.5 Å². The van der Waals surface area contributed by atoms with E-state index in [0.717, 1.165) is 19.7 Å². The summed E-state index contributed by atoms with van der Waals surface area (Å²) < 4.78 is 2.21. The molecule has 24 rings (SSSR count). The van der Waals surface area contributed by atoms with Gasteiger partial charge in [-0.15, -0.1) is 0 Å². The first-order valence-corrected chi connectivity index (χ1v) is 52.7. The van der Waals surface area contributed by atoms with E-state index in [-0.39, 0.29) is 27.8 Å².